The Morgan fingerprint density at radius 3 is 2.36 bits per heavy atom. The van der Waals surface area contributed by atoms with Gasteiger partial charge < -0.3 is 4.90 Å². The maximum absolute atomic E-state index is 13.4. The normalized spacial score (nSPS) is 13.0. The topological polar surface area (TPSA) is 20.3 Å². The van der Waals surface area contributed by atoms with Crippen LogP contribution in [0.2, 0.25) is 0 Å². The van der Waals surface area contributed by atoms with Crippen LogP contribution in [-0.4, -0.2) is 12.5 Å². The summed E-state index contributed by atoms with van der Waals surface area (Å²) in [5.74, 6) is -0.233. The fraction of sp³-hybridized carbons (Fsp3) is 0.0800. The van der Waals surface area contributed by atoms with Crippen molar-refractivity contribution in [1.82, 2.24) is 0 Å². The van der Waals surface area contributed by atoms with Gasteiger partial charge in [-0.1, -0.05) is 54.6 Å². The van der Waals surface area contributed by atoms with Crippen molar-refractivity contribution in [2.75, 3.05) is 11.4 Å². The van der Waals surface area contributed by atoms with E-state index in [1.807, 2.05) is 47.4 Å². The SMILES string of the molecule is O=C(c1ccccc1)N1CCc2c(-c3ccc(F)cc3)cc3ccccc3c21. The molecule has 0 aromatic heterocycles. The van der Waals surface area contributed by atoms with E-state index < -0.39 is 0 Å². The van der Waals surface area contributed by atoms with Crippen LogP contribution >= 0.6 is 0 Å². The van der Waals surface area contributed by atoms with E-state index in [1.54, 1.807) is 12.1 Å². The van der Waals surface area contributed by atoms with Crippen LogP contribution in [-0.2, 0) is 6.42 Å². The van der Waals surface area contributed by atoms with E-state index in [2.05, 4.69) is 18.2 Å². The fourth-order valence-electron chi connectivity index (χ4n) is 4.09. The van der Waals surface area contributed by atoms with Crippen LogP contribution in [0.3, 0.4) is 0 Å². The smallest absolute Gasteiger partial charge is 0.258 e. The van der Waals surface area contributed by atoms with Gasteiger partial charge in [-0.25, -0.2) is 4.39 Å². The molecule has 0 saturated heterocycles. The number of benzene rings is 4. The maximum Gasteiger partial charge on any atom is 0.258 e. The first-order valence-corrected chi connectivity index (χ1v) is 9.40. The molecule has 2 nitrogen and oxygen atoms in total. The molecule has 1 heterocycles. The number of carbonyl (C=O) groups excluding carboxylic acids is 1. The molecule has 5 rings (SSSR count). The molecule has 0 fully saturated rings. The van der Waals surface area contributed by atoms with Crippen molar-refractivity contribution in [1.29, 1.82) is 0 Å². The van der Waals surface area contributed by atoms with Crippen molar-refractivity contribution >= 4 is 22.4 Å². The Balaban J connectivity index is 1.72. The predicted octanol–water partition coefficient (Wildman–Crippen LogP) is 5.85. The highest BCUT2D eigenvalue weighted by molar-refractivity contribution is 6.14. The molecule has 0 bridgehead atoms. The van der Waals surface area contributed by atoms with Crippen molar-refractivity contribution in [3.63, 3.8) is 0 Å². The van der Waals surface area contributed by atoms with Crippen molar-refractivity contribution in [2.24, 2.45) is 0 Å². The van der Waals surface area contributed by atoms with Crippen molar-refractivity contribution in [3.8, 4) is 11.1 Å². The van der Waals surface area contributed by atoms with Gasteiger partial charge in [0, 0.05) is 17.5 Å². The summed E-state index contributed by atoms with van der Waals surface area (Å²) in [5.41, 5.74) is 4.85. The quantitative estimate of drug-likeness (QED) is 0.435. The number of amides is 1. The third-order valence-corrected chi connectivity index (χ3v) is 5.40. The molecule has 4 aromatic carbocycles. The molecule has 4 aromatic rings. The predicted molar refractivity (Wildman–Crippen MR) is 111 cm³/mol. The van der Waals surface area contributed by atoms with Crippen molar-refractivity contribution < 1.29 is 9.18 Å². The molecule has 1 aliphatic rings. The Labute approximate surface area is 162 Å². The molecule has 0 atom stereocenters. The second kappa shape index (κ2) is 6.61. The van der Waals surface area contributed by atoms with Crippen LogP contribution in [0, 0.1) is 5.82 Å². The maximum atomic E-state index is 13.4. The Morgan fingerprint density at radius 1 is 0.857 bits per heavy atom. The standard InChI is InChI=1S/C25H18FNO/c26-20-12-10-17(11-13-20)23-16-19-8-4-5-9-21(19)24-22(23)14-15-27(24)25(28)18-6-2-1-3-7-18/h1-13,16H,14-15H2. The first-order chi connectivity index (χ1) is 13.7. The zero-order valence-corrected chi connectivity index (χ0v) is 15.2. The molecular formula is C25H18FNO. The number of hydrogen-bond acceptors (Lipinski definition) is 1. The number of rotatable bonds is 2. The van der Waals surface area contributed by atoms with Gasteiger partial charge in [0.25, 0.3) is 5.91 Å². The minimum absolute atomic E-state index is 0.0146. The number of anilines is 1. The summed E-state index contributed by atoms with van der Waals surface area (Å²) in [5, 5.41) is 2.15. The van der Waals surface area contributed by atoms with Crippen LogP contribution in [0.5, 0.6) is 0 Å². The Kier molecular flexibility index (Phi) is 3.94. The number of carbonyl (C=O) groups is 1. The lowest BCUT2D eigenvalue weighted by atomic mass is 9.93. The minimum Gasteiger partial charge on any atom is -0.307 e. The van der Waals surface area contributed by atoms with E-state index in [1.165, 1.54) is 12.1 Å². The zero-order valence-electron chi connectivity index (χ0n) is 15.2. The summed E-state index contributed by atoms with van der Waals surface area (Å²) < 4.78 is 13.4. The zero-order chi connectivity index (χ0) is 19.1. The van der Waals surface area contributed by atoms with E-state index in [9.17, 15) is 9.18 Å². The Hall–Kier alpha value is -3.46. The first-order valence-electron chi connectivity index (χ1n) is 9.40. The second-order valence-electron chi connectivity index (χ2n) is 7.05. The van der Waals surface area contributed by atoms with E-state index in [0.29, 0.717) is 12.1 Å². The molecule has 0 radical (unpaired) electrons. The second-order valence-corrected chi connectivity index (χ2v) is 7.05. The lowest BCUT2D eigenvalue weighted by Crippen LogP contribution is -2.28. The average Bonchev–Trinajstić information content (AvgIpc) is 3.19. The first kappa shape index (κ1) is 16.7. The van der Waals surface area contributed by atoms with Gasteiger partial charge in [0.2, 0.25) is 0 Å². The van der Waals surface area contributed by atoms with Gasteiger partial charge in [-0.2, -0.15) is 0 Å². The molecule has 0 spiro atoms. The monoisotopic (exact) mass is 367 g/mol. The van der Waals surface area contributed by atoms with Crippen molar-refractivity contribution in [2.45, 2.75) is 6.42 Å². The highest BCUT2D eigenvalue weighted by atomic mass is 19.1. The van der Waals surface area contributed by atoms with Crippen LogP contribution in [0.1, 0.15) is 15.9 Å². The van der Waals surface area contributed by atoms with Gasteiger partial charge in [-0.05, 0) is 58.8 Å². The molecule has 1 amide bonds. The lowest BCUT2D eigenvalue weighted by molar-refractivity contribution is 0.0989. The summed E-state index contributed by atoms with van der Waals surface area (Å²) in [6.07, 6.45) is 0.783. The molecule has 136 valence electrons. The third-order valence-electron chi connectivity index (χ3n) is 5.40. The summed E-state index contributed by atoms with van der Waals surface area (Å²) in [6, 6.07) is 26.3. The van der Waals surface area contributed by atoms with E-state index in [4.69, 9.17) is 0 Å². The fourth-order valence-corrected chi connectivity index (χ4v) is 4.09. The largest absolute Gasteiger partial charge is 0.307 e. The lowest BCUT2D eigenvalue weighted by Gasteiger charge is -2.20. The van der Waals surface area contributed by atoms with Crippen molar-refractivity contribution in [3.05, 3.63) is 102 Å². The summed E-state index contributed by atoms with van der Waals surface area (Å²) in [4.78, 5) is 15.1. The molecule has 3 heteroatoms. The summed E-state index contributed by atoms with van der Waals surface area (Å²) >= 11 is 0. The van der Waals surface area contributed by atoms with Crippen LogP contribution in [0.25, 0.3) is 21.9 Å². The highest BCUT2D eigenvalue weighted by Gasteiger charge is 2.29. The Bertz CT molecular complexity index is 1180. The molecule has 0 saturated carbocycles. The molecule has 1 aliphatic heterocycles. The van der Waals surface area contributed by atoms with Crippen LogP contribution in [0.4, 0.5) is 10.1 Å². The van der Waals surface area contributed by atoms with Gasteiger partial charge in [0.05, 0.1) is 5.69 Å². The van der Waals surface area contributed by atoms with E-state index >= 15 is 0 Å². The molecule has 28 heavy (non-hydrogen) atoms. The highest BCUT2D eigenvalue weighted by Crippen LogP contribution is 2.42. The van der Waals surface area contributed by atoms with Gasteiger partial charge >= 0.3 is 0 Å². The summed E-state index contributed by atoms with van der Waals surface area (Å²) in [6.45, 7) is 0.644. The van der Waals surface area contributed by atoms with Crippen LogP contribution in [0.15, 0.2) is 84.9 Å². The minimum atomic E-state index is -0.248. The van der Waals surface area contributed by atoms with E-state index in [0.717, 1.165) is 39.6 Å². The number of hydrogen-bond donors (Lipinski definition) is 0. The van der Waals surface area contributed by atoms with Gasteiger partial charge in [-0.15, -0.1) is 0 Å². The third kappa shape index (κ3) is 2.67. The number of fused-ring (bicyclic) bond motifs is 3. The van der Waals surface area contributed by atoms with Gasteiger partial charge in [-0.3, -0.25) is 4.79 Å². The van der Waals surface area contributed by atoms with Gasteiger partial charge in [0.1, 0.15) is 5.82 Å². The molecular weight excluding hydrogens is 349 g/mol. The Morgan fingerprint density at radius 2 is 1.57 bits per heavy atom. The summed E-state index contributed by atoms with van der Waals surface area (Å²) in [7, 11) is 0. The molecule has 0 N–H and O–H groups in total. The number of nitrogens with zero attached hydrogens (tertiary/aromatic N) is 1. The number of halogens is 1. The molecule has 0 aliphatic carbocycles. The van der Waals surface area contributed by atoms with Gasteiger partial charge in [0.15, 0.2) is 0 Å². The average molecular weight is 367 g/mol. The molecule has 0 unspecified atom stereocenters. The van der Waals surface area contributed by atoms with Crippen LogP contribution < -0.4 is 4.90 Å². The van der Waals surface area contributed by atoms with E-state index in [-0.39, 0.29) is 11.7 Å².